The molecule has 1 fully saturated rings. The molecule has 1 saturated heterocycles. The maximum absolute atomic E-state index is 12.1. The van der Waals surface area contributed by atoms with Crippen LogP contribution in [0.3, 0.4) is 0 Å². The highest BCUT2D eigenvalue weighted by molar-refractivity contribution is 5.86. The zero-order valence-corrected chi connectivity index (χ0v) is 12.0. The second kappa shape index (κ2) is 5.64. The Hall–Kier alpha value is -1.50. The van der Waals surface area contributed by atoms with Gasteiger partial charge >= 0.3 is 6.09 Å². The number of ether oxygens (including phenoxy) is 2. The largest absolute Gasteiger partial charge is 0.444 e. The molecule has 0 aromatic carbocycles. The second-order valence-electron chi connectivity index (χ2n) is 6.00. The summed E-state index contributed by atoms with van der Waals surface area (Å²) < 4.78 is 10.7. The lowest BCUT2D eigenvalue weighted by Crippen LogP contribution is -2.48. The molecule has 1 aliphatic rings. The molecule has 3 N–H and O–H groups in total. The van der Waals surface area contributed by atoms with Gasteiger partial charge in [0.25, 0.3) is 0 Å². The third-order valence-corrected chi connectivity index (χ3v) is 2.84. The fourth-order valence-corrected chi connectivity index (χ4v) is 1.78. The number of carbonyl (C=O) groups excluding carboxylic acids is 1. The monoisotopic (exact) mass is 273 g/mol. The summed E-state index contributed by atoms with van der Waals surface area (Å²) in [5.74, 6) is 0.0444. The fourth-order valence-electron chi connectivity index (χ4n) is 1.78. The summed E-state index contributed by atoms with van der Waals surface area (Å²) in [5, 5.41) is 11.9. The number of rotatable bonds is 1. The van der Waals surface area contributed by atoms with E-state index in [1.165, 1.54) is 4.90 Å². The van der Waals surface area contributed by atoms with Gasteiger partial charge < -0.3 is 25.3 Å². The van der Waals surface area contributed by atoms with Crippen LogP contribution >= 0.6 is 0 Å². The Balaban J connectivity index is 2.82. The average molecular weight is 273 g/mol. The van der Waals surface area contributed by atoms with E-state index in [2.05, 4.69) is 5.16 Å². The maximum atomic E-state index is 12.1. The third kappa shape index (κ3) is 4.27. The minimum Gasteiger partial charge on any atom is -0.444 e. The Labute approximate surface area is 113 Å². The van der Waals surface area contributed by atoms with E-state index in [1.807, 2.05) is 20.8 Å². The van der Waals surface area contributed by atoms with Crippen LogP contribution in [-0.4, -0.2) is 53.9 Å². The van der Waals surface area contributed by atoms with Crippen LogP contribution in [0.4, 0.5) is 4.79 Å². The van der Waals surface area contributed by atoms with Crippen molar-refractivity contribution in [1.82, 2.24) is 4.90 Å². The van der Waals surface area contributed by atoms with E-state index in [0.29, 0.717) is 19.8 Å². The molecule has 1 aliphatic heterocycles. The van der Waals surface area contributed by atoms with Crippen molar-refractivity contribution in [2.45, 2.75) is 33.3 Å². The van der Waals surface area contributed by atoms with Crippen molar-refractivity contribution in [3.8, 4) is 0 Å². The van der Waals surface area contributed by atoms with Crippen LogP contribution in [0.5, 0.6) is 0 Å². The molecular formula is C12H23N3O4. The van der Waals surface area contributed by atoms with Crippen LogP contribution in [0.2, 0.25) is 0 Å². The van der Waals surface area contributed by atoms with E-state index in [1.54, 1.807) is 6.92 Å². The number of amidine groups is 1. The first-order valence-electron chi connectivity index (χ1n) is 6.22. The first-order chi connectivity index (χ1) is 8.68. The summed E-state index contributed by atoms with van der Waals surface area (Å²) in [6, 6.07) is 0. The zero-order chi connectivity index (χ0) is 14.7. The van der Waals surface area contributed by atoms with Crippen LogP contribution in [0, 0.1) is 5.41 Å². The SMILES string of the molecule is CC(C)(C)OC(=O)N1CCOCC(C)(/C(N)=N/O)C1. The molecule has 0 aromatic heterocycles. The molecule has 0 aromatic rings. The minimum atomic E-state index is -0.720. The van der Waals surface area contributed by atoms with Crippen LogP contribution in [0.15, 0.2) is 5.16 Å². The topological polar surface area (TPSA) is 97.4 Å². The Morgan fingerprint density at radius 3 is 2.68 bits per heavy atom. The zero-order valence-electron chi connectivity index (χ0n) is 12.0. The van der Waals surface area contributed by atoms with Crippen molar-refractivity contribution in [1.29, 1.82) is 0 Å². The maximum Gasteiger partial charge on any atom is 0.410 e. The Morgan fingerprint density at radius 2 is 2.16 bits per heavy atom. The molecule has 1 unspecified atom stereocenters. The molecule has 19 heavy (non-hydrogen) atoms. The highest BCUT2D eigenvalue weighted by Gasteiger charge is 2.37. The molecule has 0 spiro atoms. The molecule has 110 valence electrons. The van der Waals surface area contributed by atoms with E-state index >= 15 is 0 Å². The lowest BCUT2D eigenvalue weighted by molar-refractivity contribution is 0.0225. The highest BCUT2D eigenvalue weighted by atomic mass is 16.6. The van der Waals surface area contributed by atoms with Gasteiger partial charge in [-0.1, -0.05) is 5.16 Å². The Kier molecular flexibility index (Phi) is 4.62. The second-order valence-corrected chi connectivity index (χ2v) is 6.00. The molecular weight excluding hydrogens is 250 g/mol. The van der Waals surface area contributed by atoms with Crippen molar-refractivity contribution in [3.05, 3.63) is 0 Å². The van der Waals surface area contributed by atoms with Gasteiger partial charge in [-0.25, -0.2) is 4.79 Å². The average Bonchev–Trinajstić information content (AvgIpc) is 2.49. The normalized spacial score (nSPS) is 25.9. The highest BCUT2D eigenvalue weighted by Crippen LogP contribution is 2.23. The van der Waals surface area contributed by atoms with Gasteiger partial charge in [0.2, 0.25) is 0 Å². The first kappa shape index (κ1) is 15.6. The molecule has 1 atom stereocenters. The lowest BCUT2D eigenvalue weighted by Gasteiger charge is -2.32. The Bertz CT molecular complexity index is 364. The molecule has 7 heteroatoms. The third-order valence-electron chi connectivity index (χ3n) is 2.84. The molecule has 1 amide bonds. The van der Waals surface area contributed by atoms with Crippen molar-refractivity contribution < 1.29 is 19.5 Å². The van der Waals surface area contributed by atoms with Crippen LogP contribution in [-0.2, 0) is 9.47 Å². The summed E-state index contributed by atoms with van der Waals surface area (Å²) in [6.45, 7) is 8.60. The molecule has 7 nitrogen and oxygen atoms in total. The molecule has 0 bridgehead atoms. The van der Waals surface area contributed by atoms with Crippen LogP contribution in [0.1, 0.15) is 27.7 Å². The smallest absolute Gasteiger partial charge is 0.410 e. The van der Waals surface area contributed by atoms with Crippen molar-refractivity contribution >= 4 is 11.9 Å². The summed E-state index contributed by atoms with van der Waals surface area (Å²) in [5.41, 5.74) is 4.40. The van der Waals surface area contributed by atoms with Crippen molar-refractivity contribution in [2.24, 2.45) is 16.3 Å². The number of amides is 1. The van der Waals surface area contributed by atoms with Gasteiger partial charge in [-0.15, -0.1) is 0 Å². The van der Waals surface area contributed by atoms with Gasteiger partial charge in [0.15, 0.2) is 0 Å². The summed E-state index contributed by atoms with van der Waals surface area (Å²) >= 11 is 0. The molecule has 0 aliphatic carbocycles. The first-order valence-corrected chi connectivity index (χ1v) is 6.22. The number of nitrogens with zero attached hydrogens (tertiary/aromatic N) is 2. The summed E-state index contributed by atoms with van der Waals surface area (Å²) in [6.07, 6.45) is -0.421. The van der Waals surface area contributed by atoms with Gasteiger partial charge in [0.05, 0.1) is 18.6 Å². The van der Waals surface area contributed by atoms with E-state index in [4.69, 9.17) is 20.4 Å². The van der Waals surface area contributed by atoms with E-state index in [0.717, 1.165) is 0 Å². The number of hydrogen-bond donors (Lipinski definition) is 2. The quantitative estimate of drug-likeness (QED) is 0.321. The molecule has 0 radical (unpaired) electrons. The van der Waals surface area contributed by atoms with Gasteiger partial charge in [-0.05, 0) is 27.7 Å². The van der Waals surface area contributed by atoms with Crippen molar-refractivity contribution in [3.63, 3.8) is 0 Å². The van der Waals surface area contributed by atoms with Gasteiger partial charge in [0, 0.05) is 13.1 Å². The summed E-state index contributed by atoms with van der Waals surface area (Å²) in [7, 11) is 0. The summed E-state index contributed by atoms with van der Waals surface area (Å²) in [4.78, 5) is 13.6. The predicted molar refractivity (Wildman–Crippen MR) is 70.1 cm³/mol. The van der Waals surface area contributed by atoms with Gasteiger partial charge in [0.1, 0.15) is 11.4 Å². The number of carbonyl (C=O) groups is 1. The van der Waals surface area contributed by atoms with E-state index < -0.39 is 17.1 Å². The lowest BCUT2D eigenvalue weighted by atomic mass is 9.90. The van der Waals surface area contributed by atoms with Crippen LogP contribution in [0.25, 0.3) is 0 Å². The molecule has 1 rings (SSSR count). The number of hydrogen-bond acceptors (Lipinski definition) is 5. The fraction of sp³-hybridized carbons (Fsp3) is 0.833. The standard InChI is InChI=1S/C12H23N3O4/c1-11(2,3)19-10(16)15-5-6-18-8-12(4,7-15)9(13)14-17/h17H,5-8H2,1-4H3,(H2,13,14). The van der Waals surface area contributed by atoms with Gasteiger partial charge in [-0.3, -0.25) is 0 Å². The molecule has 1 heterocycles. The van der Waals surface area contributed by atoms with E-state index in [9.17, 15) is 4.79 Å². The molecule has 0 saturated carbocycles. The number of nitrogens with two attached hydrogens (primary N) is 1. The van der Waals surface area contributed by atoms with Gasteiger partial charge in [-0.2, -0.15) is 0 Å². The van der Waals surface area contributed by atoms with Crippen molar-refractivity contribution in [2.75, 3.05) is 26.3 Å². The Morgan fingerprint density at radius 1 is 1.53 bits per heavy atom. The number of oxime groups is 1. The minimum absolute atomic E-state index is 0.0444. The van der Waals surface area contributed by atoms with Crippen LogP contribution < -0.4 is 5.73 Å². The van der Waals surface area contributed by atoms with E-state index in [-0.39, 0.29) is 12.4 Å². The predicted octanol–water partition coefficient (Wildman–Crippen LogP) is 1.01.